The lowest BCUT2D eigenvalue weighted by Gasteiger charge is -2.35. The Bertz CT molecular complexity index is 950. The highest BCUT2D eigenvalue weighted by Crippen LogP contribution is 2.30. The first kappa shape index (κ1) is 20.1. The molecule has 0 atom stereocenters. The van der Waals surface area contributed by atoms with Gasteiger partial charge in [-0.1, -0.05) is 60.6 Å². The van der Waals surface area contributed by atoms with Gasteiger partial charge in [0.25, 0.3) is 0 Å². The molecule has 0 spiro atoms. The number of aromatic nitrogens is 1. The van der Waals surface area contributed by atoms with E-state index in [1.807, 2.05) is 24.3 Å². The molecule has 4 rings (SSSR count). The molecule has 0 amide bonds. The Morgan fingerprint density at radius 2 is 1.75 bits per heavy atom. The number of oxime groups is 1. The highest BCUT2D eigenvalue weighted by Gasteiger charge is 2.19. The first-order valence-corrected chi connectivity index (χ1v) is 9.43. The Kier molecular flexibility index (Phi) is 6.49. The second-order valence-corrected chi connectivity index (χ2v) is 6.84. The van der Waals surface area contributed by atoms with Gasteiger partial charge in [0.2, 0.25) is 0 Å². The van der Waals surface area contributed by atoms with Crippen molar-refractivity contribution < 1.29 is 5.21 Å². The molecule has 1 aliphatic heterocycles. The molecular formula is C22H25ClN4O. The van der Waals surface area contributed by atoms with E-state index in [0.29, 0.717) is 0 Å². The Morgan fingerprint density at radius 1 is 1.04 bits per heavy atom. The predicted octanol–water partition coefficient (Wildman–Crippen LogP) is 4.27. The highest BCUT2D eigenvalue weighted by atomic mass is 35.5. The molecular weight excluding hydrogens is 372 g/mol. The number of nitrogens with zero attached hydrogens (tertiary/aromatic N) is 4. The molecule has 28 heavy (non-hydrogen) atoms. The normalized spacial score (nSPS) is 15.1. The van der Waals surface area contributed by atoms with E-state index in [1.54, 1.807) is 0 Å². The number of fused-ring (bicyclic) bond motifs is 1. The van der Waals surface area contributed by atoms with E-state index < -0.39 is 0 Å². The number of benzene rings is 2. The van der Waals surface area contributed by atoms with E-state index in [9.17, 15) is 0 Å². The van der Waals surface area contributed by atoms with Gasteiger partial charge in [0, 0.05) is 37.1 Å². The van der Waals surface area contributed by atoms with Crippen molar-refractivity contribution in [3.05, 3.63) is 60.2 Å². The number of hydrogen-bond donors (Lipinski definition) is 1. The summed E-state index contributed by atoms with van der Waals surface area (Å²) in [4.78, 5) is 9.93. The Balaban J connectivity index is 0.00000225. The maximum Gasteiger partial charge on any atom is 0.137 e. The maximum absolute atomic E-state index is 8.69. The lowest BCUT2D eigenvalue weighted by Crippen LogP contribution is -2.46. The van der Waals surface area contributed by atoms with Crippen LogP contribution < -0.4 is 4.90 Å². The minimum Gasteiger partial charge on any atom is -0.411 e. The van der Waals surface area contributed by atoms with Gasteiger partial charge in [0.05, 0.1) is 11.9 Å². The van der Waals surface area contributed by atoms with Gasteiger partial charge in [0.1, 0.15) is 5.82 Å². The van der Waals surface area contributed by atoms with Crippen LogP contribution >= 0.6 is 12.4 Å². The van der Waals surface area contributed by atoms with E-state index >= 15 is 0 Å². The van der Waals surface area contributed by atoms with Crippen molar-refractivity contribution in [2.45, 2.75) is 6.92 Å². The first-order valence-electron chi connectivity index (χ1n) is 9.43. The zero-order valence-corrected chi connectivity index (χ0v) is 16.8. The third-order valence-corrected chi connectivity index (χ3v) is 5.25. The van der Waals surface area contributed by atoms with Crippen LogP contribution in [0.5, 0.6) is 0 Å². The summed E-state index contributed by atoms with van der Waals surface area (Å²) in [5, 5.41) is 14.2. The van der Waals surface area contributed by atoms with E-state index in [2.05, 4.69) is 52.2 Å². The second kappa shape index (κ2) is 9.04. The van der Waals surface area contributed by atoms with E-state index in [4.69, 9.17) is 10.2 Å². The summed E-state index contributed by atoms with van der Waals surface area (Å²) < 4.78 is 0. The second-order valence-electron chi connectivity index (χ2n) is 6.84. The van der Waals surface area contributed by atoms with Crippen molar-refractivity contribution >= 4 is 35.2 Å². The van der Waals surface area contributed by atoms with Crippen LogP contribution in [0.4, 0.5) is 5.82 Å². The molecule has 0 radical (unpaired) electrons. The molecule has 3 aromatic rings. The zero-order valence-electron chi connectivity index (χ0n) is 16.0. The minimum atomic E-state index is 0. The summed E-state index contributed by atoms with van der Waals surface area (Å²) in [6, 6.07) is 18.5. The molecule has 0 saturated carbocycles. The van der Waals surface area contributed by atoms with Crippen LogP contribution in [0, 0.1) is 0 Å². The fourth-order valence-electron chi connectivity index (χ4n) is 3.65. The summed E-state index contributed by atoms with van der Waals surface area (Å²) in [5.41, 5.74) is 2.89. The third-order valence-electron chi connectivity index (χ3n) is 5.25. The summed E-state index contributed by atoms with van der Waals surface area (Å²) in [6.07, 6.45) is 1.43. The molecule has 1 aliphatic rings. The van der Waals surface area contributed by atoms with Gasteiger partial charge in [-0.25, -0.2) is 4.98 Å². The van der Waals surface area contributed by atoms with Crippen molar-refractivity contribution in [2.75, 3.05) is 37.6 Å². The number of likely N-dealkylation sites (N-methyl/N-ethyl adjacent to an activating group) is 1. The SMILES string of the molecule is CCN1CCN(c2nc(-c3ccc(/C=N/O)cc3)cc3ccccc23)CC1.Cl. The van der Waals surface area contributed by atoms with Crippen molar-refractivity contribution in [1.29, 1.82) is 0 Å². The molecule has 0 bridgehead atoms. The van der Waals surface area contributed by atoms with Gasteiger partial charge in [-0.2, -0.15) is 0 Å². The van der Waals surface area contributed by atoms with Crippen molar-refractivity contribution in [3.63, 3.8) is 0 Å². The summed E-state index contributed by atoms with van der Waals surface area (Å²) in [5.74, 6) is 1.07. The highest BCUT2D eigenvalue weighted by molar-refractivity contribution is 5.95. The molecule has 0 unspecified atom stereocenters. The van der Waals surface area contributed by atoms with Gasteiger partial charge in [0.15, 0.2) is 0 Å². The third kappa shape index (κ3) is 4.11. The predicted molar refractivity (Wildman–Crippen MR) is 118 cm³/mol. The van der Waals surface area contributed by atoms with E-state index in [0.717, 1.165) is 55.4 Å². The van der Waals surface area contributed by atoms with E-state index in [1.165, 1.54) is 17.0 Å². The number of hydrogen-bond acceptors (Lipinski definition) is 5. The van der Waals surface area contributed by atoms with Crippen molar-refractivity contribution in [2.24, 2.45) is 5.16 Å². The number of pyridine rings is 1. The smallest absolute Gasteiger partial charge is 0.137 e. The molecule has 1 fully saturated rings. The topological polar surface area (TPSA) is 52.0 Å². The number of anilines is 1. The number of piperazine rings is 1. The summed E-state index contributed by atoms with van der Waals surface area (Å²) in [7, 11) is 0. The summed E-state index contributed by atoms with van der Waals surface area (Å²) in [6.45, 7) is 7.47. The quantitative estimate of drug-likeness (QED) is 0.406. The Hall–Kier alpha value is -2.63. The Morgan fingerprint density at radius 3 is 2.43 bits per heavy atom. The minimum absolute atomic E-state index is 0. The monoisotopic (exact) mass is 396 g/mol. The number of halogens is 1. The molecule has 6 heteroatoms. The van der Waals surface area contributed by atoms with Crippen LogP contribution in [0.1, 0.15) is 12.5 Å². The van der Waals surface area contributed by atoms with Crippen LogP contribution in [0.25, 0.3) is 22.0 Å². The largest absolute Gasteiger partial charge is 0.411 e. The lowest BCUT2D eigenvalue weighted by atomic mass is 10.0. The average Bonchev–Trinajstić information content (AvgIpc) is 2.74. The van der Waals surface area contributed by atoms with Gasteiger partial charge in [-0.15, -0.1) is 12.4 Å². The van der Waals surface area contributed by atoms with Crippen LogP contribution in [0.2, 0.25) is 0 Å². The molecule has 1 N–H and O–H groups in total. The molecule has 5 nitrogen and oxygen atoms in total. The zero-order chi connectivity index (χ0) is 18.6. The molecule has 146 valence electrons. The van der Waals surface area contributed by atoms with Crippen LogP contribution in [0.15, 0.2) is 59.8 Å². The molecule has 2 aromatic carbocycles. The standard InChI is InChI=1S/C22H24N4O.ClH/c1-2-25-11-13-26(14-12-25)22-20-6-4-3-5-19(20)15-21(24-22)18-9-7-17(8-10-18)16-23-27;/h3-10,15-16,27H,2,11-14H2,1H3;1H/b23-16+;. The van der Waals surface area contributed by atoms with Crippen LogP contribution in [-0.4, -0.2) is 54.0 Å². The van der Waals surface area contributed by atoms with Crippen LogP contribution in [-0.2, 0) is 0 Å². The fourth-order valence-corrected chi connectivity index (χ4v) is 3.65. The van der Waals surface area contributed by atoms with Gasteiger partial charge < -0.3 is 15.0 Å². The van der Waals surface area contributed by atoms with Gasteiger partial charge in [-0.3, -0.25) is 0 Å². The fraction of sp³-hybridized carbons (Fsp3) is 0.273. The van der Waals surface area contributed by atoms with Crippen LogP contribution in [0.3, 0.4) is 0 Å². The molecule has 1 saturated heterocycles. The average molecular weight is 397 g/mol. The maximum atomic E-state index is 8.69. The molecule has 0 aliphatic carbocycles. The van der Waals surface area contributed by atoms with Gasteiger partial charge >= 0.3 is 0 Å². The lowest BCUT2D eigenvalue weighted by molar-refractivity contribution is 0.271. The first-order chi connectivity index (χ1) is 13.3. The molecule has 1 aromatic heterocycles. The molecule has 2 heterocycles. The van der Waals surface area contributed by atoms with Crippen molar-refractivity contribution in [1.82, 2.24) is 9.88 Å². The summed E-state index contributed by atoms with van der Waals surface area (Å²) >= 11 is 0. The Labute approximate surface area is 171 Å². The van der Waals surface area contributed by atoms with Crippen molar-refractivity contribution in [3.8, 4) is 11.3 Å². The van der Waals surface area contributed by atoms with E-state index in [-0.39, 0.29) is 12.4 Å². The number of rotatable bonds is 4. The van der Waals surface area contributed by atoms with Gasteiger partial charge in [-0.05, 0) is 23.6 Å².